The van der Waals surface area contributed by atoms with Gasteiger partial charge < -0.3 is 15.5 Å². The fraction of sp³-hybridized carbons (Fsp3) is 0.727. The SMILES string of the molecule is CNc1nc(NCC2CSCCS2)nc(N(C)C)n1. The minimum atomic E-state index is 0.590. The standard InChI is InChI=1S/C11H20N6S2/c1-12-9-14-10(16-11(15-9)17(2)3)13-6-8-7-18-4-5-19-8/h8H,4-7H2,1-3H3,(H2,12,13,14,15,16). The van der Waals surface area contributed by atoms with Crippen LogP contribution in [0.25, 0.3) is 0 Å². The van der Waals surface area contributed by atoms with Gasteiger partial charge in [0, 0.05) is 50.2 Å². The van der Waals surface area contributed by atoms with Crippen LogP contribution in [0, 0.1) is 0 Å². The topological polar surface area (TPSA) is 66.0 Å². The molecule has 1 aromatic rings. The highest BCUT2D eigenvalue weighted by atomic mass is 32.2. The highest BCUT2D eigenvalue weighted by molar-refractivity contribution is 8.06. The summed E-state index contributed by atoms with van der Waals surface area (Å²) in [6.45, 7) is 0.900. The van der Waals surface area contributed by atoms with E-state index in [4.69, 9.17) is 0 Å². The maximum Gasteiger partial charge on any atom is 0.231 e. The summed E-state index contributed by atoms with van der Waals surface area (Å²) in [5.74, 6) is 5.58. The number of thioether (sulfide) groups is 2. The Morgan fingerprint density at radius 2 is 2.00 bits per heavy atom. The van der Waals surface area contributed by atoms with Crippen molar-refractivity contribution in [3.8, 4) is 0 Å². The average molecular weight is 300 g/mol. The molecule has 1 aliphatic rings. The zero-order valence-electron chi connectivity index (χ0n) is 11.5. The van der Waals surface area contributed by atoms with E-state index in [2.05, 4.69) is 25.6 Å². The summed E-state index contributed by atoms with van der Waals surface area (Å²) in [5, 5.41) is 6.92. The number of anilines is 3. The van der Waals surface area contributed by atoms with E-state index in [0.29, 0.717) is 23.1 Å². The van der Waals surface area contributed by atoms with E-state index in [0.717, 1.165) is 6.54 Å². The first-order valence-corrected chi connectivity index (χ1v) is 8.43. The van der Waals surface area contributed by atoms with Gasteiger partial charge in [0.05, 0.1) is 0 Å². The minimum absolute atomic E-state index is 0.590. The highest BCUT2D eigenvalue weighted by Gasteiger charge is 2.15. The normalized spacial score (nSPS) is 19.0. The monoisotopic (exact) mass is 300 g/mol. The van der Waals surface area contributed by atoms with Crippen LogP contribution in [0.3, 0.4) is 0 Å². The van der Waals surface area contributed by atoms with Gasteiger partial charge in [-0.2, -0.15) is 38.5 Å². The summed E-state index contributed by atoms with van der Waals surface area (Å²) in [5.41, 5.74) is 0. The number of rotatable bonds is 5. The lowest BCUT2D eigenvalue weighted by Gasteiger charge is -2.21. The molecule has 6 nitrogen and oxygen atoms in total. The molecule has 0 radical (unpaired) electrons. The first-order chi connectivity index (χ1) is 9.19. The van der Waals surface area contributed by atoms with Crippen LogP contribution in [0.2, 0.25) is 0 Å². The summed E-state index contributed by atoms with van der Waals surface area (Å²) in [6.07, 6.45) is 0. The summed E-state index contributed by atoms with van der Waals surface area (Å²) >= 11 is 4.04. The molecule has 1 unspecified atom stereocenters. The Labute approximate surface area is 122 Å². The van der Waals surface area contributed by atoms with Crippen LogP contribution in [0.4, 0.5) is 17.8 Å². The van der Waals surface area contributed by atoms with Crippen LogP contribution in [-0.4, -0.2) is 65.1 Å². The second kappa shape index (κ2) is 7.04. The number of hydrogen-bond acceptors (Lipinski definition) is 8. The first-order valence-electron chi connectivity index (χ1n) is 6.23. The van der Waals surface area contributed by atoms with E-state index in [1.807, 2.05) is 49.6 Å². The Bertz CT molecular complexity index is 408. The van der Waals surface area contributed by atoms with Crippen molar-refractivity contribution in [2.24, 2.45) is 0 Å². The van der Waals surface area contributed by atoms with Crippen molar-refractivity contribution in [3.63, 3.8) is 0 Å². The van der Waals surface area contributed by atoms with E-state index in [9.17, 15) is 0 Å². The zero-order valence-corrected chi connectivity index (χ0v) is 13.1. The lowest BCUT2D eigenvalue weighted by atomic mass is 10.5. The molecule has 0 saturated carbocycles. The maximum atomic E-state index is 4.40. The van der Waals surface area contributed by atoms with Gasteiger partial charge in [-0.3, -0.25) is 0 Å². The molecule has 1 aromatic heterocycles. The van der Waals surface area contributed by atoms with Gasteiger partial charge in [-0.1, -0.05) is 0 Å². The molecule has 0 aliphatic carbocycles. The summed E-state index contributed by atoms with van der Waals surface area (Å²) in [4.78, 5) is 14.9. The molecular weight excluding hydrogens is 280 g/mol. The molecule has 106 valence electrons. The number of aromatic nitrogens is 3. The Morgan fingerprint density at radius 3 is 2.63 bits per heavy atom. The quantitative estimate of drug-likeness (QED) is 0.842. The molecular formula is C11H20N6S2. The second-order valence-corrected chi connectivity index (χ2v) is 6.93. The number of hydrogen-bond donors (Lipinski definition) is 2. The fourth-order valence-electron chi connectivity index (χ4n) is 1.62. The third-order valence-electron chi connectivity index (χ3n) is 2.62. The molecule has 0 amide bonds. The van der Waals surface area contributed by atoms with Crippen molar-refractivity contribution in [2.75, 3.05) is 60.5 Å². The second-order valence-electron chi connectivity index (χ2n) is 4.38. The minimum Gasteiger partial charge on any atom is -0.357 e. The van der Waals surface area contributed by atoms with Crippen LogP contribution in [0.5, 0.6) is 0 Å². The molecule has 0 spiro atoms. The summed E-state index contributed by atoms with van der Waals surface area (Å²) in [7, 11) is 5.66. The molecule has 2 N–H and O–H groups in total. The number of nitrogens with one attached hydrogen (secondary N) is 2. The van der Waals surface area contributed by atoms with E-state index < -0.39 is 0 Å². The molecule has 0 aromatic carbocycles. The molecule has 0 bridgehead atoms. The van der Waals surface area contributed by atoms with Gasteiger partial charge in [-0.15, -0.1) is 0 Å². The molecule has 1 atom stereocenters. The van der Waals surface area contributed by atoms with Crippen molar-refractivity contribution in [3.05, 3.63) is 0 Å². The molecule has 2 heterocycles. The lowest BCUT2D eigenvalue weighted by Crippen LogP contribution is -2.24. The molecule has 19 heavy (non-hydrogen) atoms. The van der Waals surface area contributed by atoms with E-state index in [-0.39, 0.29) is 0 Å². The molecule has 8 heteroatoms. The maximum absolute atomic E-state index is 4.40. The predicted molar refractivity (Wildman–Crippen MR) is 85.8 cm³/mol. The van der Waals surface area contributed by atoms with Crippen LogP contribution in [0.1, 0.15) is 0 Å². The largest absolute Gasteiger partial charge is 0.357 e. The van der Waals surface area contributed by atoms with Crippen LogP contribution in [0.15, 0.2) is 0 Å². The van der Waals surface area contributed by atoms with Crippen LogP contribution in [-0.2, 0) is 0 Å². The summed E-state index contributed by atoms with van der Waals surface area (Å²) < 4.78 is 0. The third-order valence-corrected chi connectivity index (χ3v) is 5.46. The number of nitrogens with zero attached hydrogens (tertiary/aromatic N) is 4. The smallest absolute Gasteiger partial charge is 0.231 e. The molecule has 1 saturated heterocycles. The van der Waals surface area contributed by atoms with Gasteiger partial charge in [-0.25, -0.2) is 0 Å². The van der Waals surface area contributed by atoms with E-state index in [1.165, 1.54) is 17.3 Å². The zero-order chi connectivity index (χ0) is 13.7. The van der Waals surface area contributed by atoms with Crippen molar-refractivity contribution in [1.29, 1.82) is 0 Å². The van der Waals surface area contributed by atoms with Crippen molar-refractivity contribution in [2.45, 2.75) is 5.25 Å². The Kier molecular flexibility index (Phi) is 5.38. The molecule has 1 aliphatic heterocycles. The lowest BCUT2D eigenvalue weighted by molar-refractivity contribution is 0.927. The van der Waals surface area contributed by atoms with E-state index >= 15 is 0 Å². The van der Waals surface area contributed by atoms with Gasteiger partial charge in [0.2, 0.25) is 17.8 Å². The Balaban J connectivity index is 2.00. The van der Waals surface area contributed by atoms with Gasteiger partial charge >= 0.3 is 0 Å². The predicted octanol–water partition coefficient (Wildman–Crippen LogP) is 1.24. The first kappa shape index (κ1) is 14.5. The van der Waals surface area contributed by atoms with Gasteiger partial charge in [0.15, 0.2) is 0 Å². The van der Waals surface area contributed by atoms with Crippen LogP contribution >= 0.6 is 23.5 Å². The fourth-order valence-corrected chi connectivity index (χ4v) is 4.23. The molecule has 1 fully saturated rings. The van der Waals surface area contributed by atoms with Crippen LogP contribution < -0.4 is 15.5 Å². The van der Waals surface area contributed by atoms with Crippen molar-refractivity contribution < 1.29 is 0 Å². The average Bonchev–Trinajstić information content (AvgIpc) is 2.45. The van der Waals surface area contributed by atoms with E-state index in [1.54, 1.807) is 0 Å². The van der Waals surface area contributed by atoms with Gasteiger partial charge in [-0.05, 0) is 0 Å². The molecule has 2 rings (SSSR count). The Hall–Kier alpha value is -0.890. The van der Waals surface area contributed by atoms with Crippen molar-refractivity contribution in [1.82, 2.24) is 15.0 Å². The highest BCUT2D eigenvalue weighted by Crippen LogP contribution is 2.24. The third kappa shape index (κ3) is 4.31. The Morgan fingerprint density at radius 1 is 1.21 bits per heavy atom. The van der Waals surface area contributed by atoms with Gasteiger partial charge in [0.1, 0.15) is 0 Å². The van der Waals surface area contributed by atoms with Gasteiger partial charge in [0.25, 0.3) is 0 Å². The van der Waals surface area contributed by atoms with Crippen molar-refractivity contribution >= 4 is 41.4 Å². The summed E-state index contributed by atoms with van der Waals surface area (Å²) in [6, 6.07) is 0.